The molecule has 2 aromatic rings. The van der Waals surface area contributed by atoms with Crippen LogP contribution in [0.3, 0.4) is 0 Å². The number of nitrogen functional groups attached to an aromatic ring is 1. The molecule has 120 valence electrons. The average molecular weight is 318 g/mol. The maximum atomic E-state index is 13.5. The summed E-state index contributed by atoms with van der Waals surface area (Å²) in [5.74, 6) is -2.10. The van der Waals surface area contributed by atoms with Gasteiger partial charge in [-0.1, -0.05) is 42.5 Å². The highest BCUT2D eigenvalue weighted by Crippen LogP contribution is 2.18. The Morgan fingerprint density at radius 3 is 2.61 bits per heavy atom. The third kappa shape index (κ3) is 4.81. The molecular weight excluding hydrogens is 302 g/mol. The minimum Gasteiger partial charge on any atom is -0.445 e. The Hall–Kier alpha value is -2.89. The second kappa shape index (κ2) is 7.93. The normalized spacial score (nSPS) is 10.7. The summed E-state index contributed by atoms with van der Waals surface area (Å²) in [6.07, 6.45) is 2.25. The van der Waals surface area contributed by atoms with Crippen LogP contribution >= 0.6 is 0 Å². The number of nitrogens with one attached hydrogen (secondary N) is 1. The molecule has 0 aliphatic heterocycles. The summed E-state index contributed by atoms with van der Waals surface area (Å²) in [7, 11) is 0. The first-order valence-corrected chi connectivity index (χ1v) is 6.92. The first kappa shape index (κ1) is 16.5. The van der Waals surface area contributed by atoms with Crippen LogP contribution in [0, 0.1) is 11.6 Å². The highest BCUT2D eigenvalue weighted by molar-refractivity contribution is 5.67. The fraction of sp³-hybridized carbons (Fsp3) is 0.118. The van der Waals surface area contributed by atoms with Crippen LogP contribution in [0.25, 0.3) is 6.08 Å². The van der Waals surface area contributed by atoms with Crippen LogP contribution in [-0.2, 0) is 11.3 Å². The number of rotatable bonds is 5. The van der Waals surface area contributed by atoms with Gasteiger partial charge in [-0.05, 0) is 17.7 Å². The Morgan fingerprint density at radius 1 is 1.13 bits per heavy atom. The van der Waals surface area contributed by atoms with Gasteiger partial charge in [-0.3, -0.25) is 0 Å². The molecule has 0 aliphatic carbocycles. The Kier molecular flexibility index (Phi) is 5.68. The smallest absolute Gasteiger partial charge is 0.407 e. The van der Waals surface area contributed by atoms with Crippen molar-refractivity contribution in [3.8, 4) is 0 Å². The summed E-state index contributed by atoms with van der Waals surface area (Å²) in [6.45, 7) is 0.285. The van der Waals surface area contributed by atoms with Gasteiger partial charge in [0, 0.05) is 12.1 Å². The highest BCUT2D eigenvalue weighted by Gasteiger charge is 2.09. The Balaban J connectivity index is 1.78. The maximum absolute atomic E-state index is 13.5. The van der Waals surface area contributed by atoms with E-state index in [2.05, 4.69) is 5.32 Å². The van der Waals surface area contributed by atoms with Gasteiger partial charge in [0.2, 0.25) is 0 Å². The molecule has 0 radical (unpaired) electrons. The van der Waals surface area contributed by atoms with Gasteiger partial charge in [-0.2, -0.15) is 0 Å². The standard InChI is InChI=1S/C17H16F2N2O2/c18-15-13(8-9-14(20)16(15)19)7-4-10-21-17(22)23-11-12-5-2-1-3-6-12/h1-9H,10-11,20H2,(H,21,22). The van der Waals surface area contributed by atoms with E-state index in [0.29, 0.717) is 0 Å². The fourth-order valence-electron chi connectivity index (χ4n) is 1.81. The summed E-state index contributed by atoms with van der Waals surface area (Å²) in [6, 6.07) is 11.9. The number of nitrogens with two attached hydrogens (primary N) is 1. The molecule has 0 saturated heterocycles. The van der Waals surface area contributed by atoms with Crippen LogP contribution in [0.4, 0.5) is 19.3 Å². The van der Waals surface area contributed by atoms with E-state index in [1.807, 2.05) is 30.3 Å². The number of hydrogen-bond acceptors (Lipinski definition) is 3. The SMILES string of the molecule is Nc1ccc(C=CCNC(=O)OCc2ccccc2)c(F)c1F. The lowest BCUT2D eigenvalue weighted by molar-refractivity contribution is 0.141. The van der Waals surface area contributed by atoms with Crippen molar-refractivity contribution < 1.29 is 18.3 Å². The third-order valence-corrected chi connectivity index (χ3v) is 3.02. The predicted molar refractivity (Wildman–Crippen MR) is 84.4 cm³/mol. The van der Waals surface area contributed by atoms with E-state index in [-0.39, 0.29) is 24.4 Å². The summed E-state index contributed by atoms with van der Waals surface area (Å²) in [4.78, 5) is 11.5. The third-order valence-electron chi connectivity index (χ3n) is 3.02. The van der Waals surface area contributed by atoms with E-state index in [9.17, 15) is 13.6 Å². The monoisotopic (exact) mass is 318 g/mol. The van der Waals surface area contributed by atoms with Crippen molar-refractivity contribution in [3.05, 3.63) is 71.3 Å². The molecule has 0 bridgehead atoms. The van der Waals surface area contributed by atoms with Crippen molar-refractivity contribution >= 4 is 17.9 Å². The molecule has 23 heavy (non-hydrogen) atoms. The molecule has 2 rings (SSSR count). The molecule has 6 heteroatoms. The first-order valence-electron chi connectivity index (χ1n) is 6.92. The van der Waals surface area contributed by atoms with Gasteiger partial charge < -0.3 is 15.8 Å². The van der Waals surface area contributed by atoms with Crippen LogP contribution in [0.5, 0.6) is 0 Å². The lowest BCUT2D eigenvalue weighted by Crippen LogP contribution is -2.24. The molecule has 1 amide bonds. The van der Waals surface area contributed by atoms with E-state index in [1.165, 1.54) is 24.3 Å². The van der Waals surface area contributed by atoms with Gasteiger partial charge in [0.15, 0.2) is 11.6 Å². The number of anilines is 1. The van der Waals surface area contributed by atoms with Gasteiger partial charge in [-0.25, -0.2) is 13.6 Å². The first-order chi connectivity index (χ1) is 11.1. The molecule has 3 N–H and O–H groups in total. The van der Waals surface area contributed by atoms with Crippen molar-refractivity contribution in [2.24, 2.45) is 0 Å². The quantitative estimate of drug-likeness (QED) is 0.830. The van der Waals surface area contributed by atoms with Crippen LogP contribution < -0.4 is 11.1 Å². The number of alkyl carbamates (subject to hydrolysis) is 1. The Bertz CT molecular complexity index is 703. The Morgan fingerprint density at radius 2 is 1.87 bits per heavy atom. The number of carbonyl (C=O) groups is 1. The van der Waals surface area contributed by atoms with Crippen molar-refractivity contribution in [3.63, 3.8) is 0 Å². The minimum absolute atomic E-state index is 0.0520. The lowest BCUT2D eigenvalue weighted by Gasteiger charge is -2.05. The lowest BCUT2D eigenvalue weighted by atomic mass is 10.1. The van der Waals surface area contributed by atoms with E-state index in [0.717, 1.165) is 5.56 Å². The molecule has 0 spiro atoms. The van der Waals surface area contributed by atoms with E-state index in [4.69, 9.17) is 10.5 Å². The molecule has 0 unspecified atom stereocenters. The zero-order chi connectivity index (χ0) is 16.7. The molecule has 0 aromatic heterocycles. The second-order valence-corrected chi connectivity index (χ2v) is 4.72. The molecule has 0 heterocycles. The number of ether oxygens (including phenoxy) is 1. The molecule has 0 saturated carbocycles. The van der Waals surface area contributed by atoms with Crippen LogP contribution in [0.2, 0.25) is 0 Å². The molecule has 0 aliphatic rings. The predicted octanol–water partition coefficient (Wildman–Crippen LogP) is 3.49. The van der Waals surface area contributed by atoms with Crippen molar-refractivity contribution in [2.75, 3.05) is 12.3 Å². The molecule has 4 nitrogen and oxygen atoms in total. The number of carbonyl (C=O) groups excluding carboxylic acids is 1. The summed E-state index contributed by atoms with van der Waals surface area (Å²) in [5, 5.41) is 2.48. The zero-order valence-electron chi connectivity index (χ0n) is 12.3. The number of hydrogen-bond donors (Lipinski definition) is 2. The largest absolute Gasteiger partial charge is 0.445 e. The summed E-state index contributed by atoms with van der Waals surface area (Å²) >= 11 is 0. The average Bonchev–Trinajstić information content (AvgIpc) is 2.57. The maximum Gasteiger partial charge on any atom is 0.407 e. The van der Waals surface area contributed by atoms with Crippen LogP contribution in [-0.4, -0.2) is 12.6 Å². The Labute approximate surface area is 132 Å². The van der Waals surface area contributed by atoms with Crippen LogP contribution in [0.1, 0.15) is 11.1 Å². The number of benzene rings is 2. The van der Waals surface area contributed by atoms with Gasteiger partial charge in [0.25, 0.3) is 0 Å². The fourth-order valence-corrected chi connectivity index (χ4v) is 1.81. The minimum atomic E-state index is -1.08. The molecule has 2 aromatic carbocycles. The molecule has 0 atom stereocenters. The number of amides is 1. The highest BCUT2D eigenvalue weighted by atomic mass is 19.2. The van der Waals surface area contributed by atoms with Gasteiger partial charge in [0.1, 0.15) is 6.61 Å². The van der Waals surface area contributed by atoms with Crippen molar-refractivity contribution in [1.29, 1.82) is 0 Å². The zero-order valence-corrected chi connectivity index (χ0v) is 12.3. The van der Waals surface area contributed by atoms with Gasteiger partial charge >= 0.3 is 6.09 Å². The number of halogens is 2. The molecule has 0 fully saturated rings. The van der Waals surface area contributed by atoms with Crippen molar-refractivity contribution in [2.45, 2.75) is 6.61 Å². The van der Waals surface area contributed by atoms with Crippen molar-refractivity contribution in [1.82, 2.24) is 5.32 Å². The van der Waals surface area contributed by atoms with E-state index >= 15 is 0 Å². The summed E-state index contributed by atoms with van der Waals surface area (Å²) in [5.41, 5.74) is 5.93. The topological polar surface area (TPSA) is 64.3 Å². The second-order valence-electron chi connectivity index (χ2n) is 4.72. The van der Waals surface area contributed by atoms with Gasteiger partial charge in [-0.15, -0.1) is 0 Å². The molecular formula is C17H16F2N2O2. The van der Waals surface area contributed by atoms with Gasteiger partial charge in [0.05, 0.1) is 5.69 Å². The van der Waals surface area contributed by atoms with E-state index in [1.54, 1.807) is 0 Å². The van der Waals surface area contributed by atoms with Crippen LogP contribution in [0.15, 0.2) is 48.5 Å². The summed E-state index contributed by atoms with van der Waals surface area (Å²) < 4.78 is 31.8. The van der Waals surface area contributed by atoms with E-state index < -0.39 is 17.7 Å².